The van der Waals surface area contributed by atoms with E-state index in [0.717, 1.165) is 12.3 Å². The molecule has 0 spiro atoms. The number of nitriles is 1. The van der Waals surface area contributed by atoms with Crippen molar-refractivity contribution in [3.05, 3.63) is 53.9 Å². The van der Waals surface area contributed by atoms with Gasteiger partial charge >= 0.3 is 6.18 Å². The summed E-state index contributed by atoms with van der Waals surface area (Å²) in [5.74, 6) is -0.374. The zero-order chi connectivity index (χ0) is 13.9. The van der Waals surface area contributed by atoms with Crippen LogP contribution < -0.4 is 4.74 Å². The van der Waals surface area contributed by atoms with Crippen molar-refractivity contribution in [2.24, 2.45) is 0 Å². The summed E-state index contributed by atoms with van der Waals surface area (Å²) in [6.45, 7) is 0. The molecule has 0 aliphatic rings. The molecule has 0 radical (unpaired) electrons. The Morgan fingerprint density at radius 3 is 2.37 bits per heavy atom. The number of benzene rings is 1. The summed E-state index contributed by atoms with van der Waals surface area (Å²) in [6.07, 6.45) is -3.68. The zero-order valence-corrected chi connectivity index (χ0v) is 9.48. The van der Waals surface area contributed by atoms with Gasteiger partial charge in [-0.1, -0.05) is 18.2 Å². The van der Waals surface area contributed by atoms with Gasteiger partial charge in [0.05, 0.1) is 0 Å². The van der Waals surface area contributed by atoms with Gasteiger partial charge in [0.15, 0.2) is 11.4 Å². The maximum atomic E-state index is 12.9. The lowest BCUT2D eigenvalue weighted by Crippen LogP contribution is -2.09. The summed E-state index contributed by atoms with van der Waals surface area (Å²) in [4.78, 5) is 3.58. The lowest BCUT2D eigenvalue weighted by molar-refractivity contribution is -0.138. The van der Waals surface area contributed by atoms with Crippen molar-refractivity contribution in [3.8, 4) is 17.6 Å². The monoisotopic (exact) mass is 264 g/mol. The van der Waals surface area contributed by atoms with Gasteiger partial charge in [-0.15, -0.1) is 0 Å². The summed E-state index contributed by atoms with van der Waals surface area (Å²) < 4.78 is 43.7. The number of hydrogen-bond donors (Lipinski definition) is 0. The average Bonchev–Trinajstić information content (AvgIpc) is 2.39. The molecule has 0 amide bonds. The fourth-order valence-corrected chi connectivity index (χ4v) is 1.46. The summed E-state index contributed by atoms with van der Waals surface area (Å²) in [5.41, 5.74) is -1.43. The van der Waals surface area contributed by atoms with Crippen molar-refractivity contribution in [2.75, 3.05) is 0 Å². The highest BCUT2D eigenvalue weighted by Gasteiger charge is 2.36. The molecule has 0 bridgehead atoms. The van der Waals surface area contributed by atoms with Crippen LogP contribution in [0, 0.1) is 11.3 Å². The predicted octanol–water partition coefficient (Wildman–Crippen LogP) is 3.76. The molecule has 1 aromatic heterocycles. The quantitative estimate of drug-likeness (QED) is 0.829. The number of nitrogens with zero attached hydrogens (tertiary/aromatic N) is 2. The minimum absolute atomic E-state index is 0.206. The smallest absolute Gasteiger partial charge is 0.420 e. The third-order valence-corrected chi connectivity index (χ3v) is 2.28. The van der Waals surface area contributed by atoms with Gasteiger partial charge in [-0.2, -0.15) is 18.4 Å². The molecule has 2 rings (SSSR count). The molecular weight excluding hydrogens is 257 g/mol. The van der Waals surface area contributed by atoms with Crippen LogP contribution >= 0.6 is 0 Å². The summed E-state index contributed by atoms with van der Waals surface area (Å²) >= 11 is 0. The normalized spacial score (nSPS) is 10.8. The van der Waals surface area contributed by atoms with E-state index in [1.54, 1.807) is 24.3 Å². The molecule has 6 heteroatoms. The van der Waals surface area contributed by atoms with Crippen LogP contribution in [0.4, 0.5) is 13.2 Å². The molecule has 0 fully saturated rings. The fraction of sp³-hybridized carbons (Fsp3) is 0.0769. The van der Waals surface area contributed by atoms with Gasteiger partial charge < -0.3 is 4.74 Å². The lowest BCUT2D eigenvalue weighted by atomic mass is 10.2. The second kappa shape index (κ2) is 4.98. The first-order valence-electron chi connectivity index (χ1n) is 5.21. The largest absolute Gasteiger partial charge is 0.454 e. The van der Waals surface area contributed by atoms with Crippen molar-refractivity contribution in [2.45, 2.75) is 6.18 Å². The van der Waals surface area contributed by atoms with E-state index in [0.29, 0.717) is 0 Å². The van der Waals surface area contributed by atoms with Gasteiger partial charge in [-0.3, -0.25) is 0 Å². The van der Waals surface area contributed by atoms with Crippen molar-refractivity contribution in [1.29, 1.82) is 5.26 Å². The Kier molecular flexibility index (Phi) is 3.38. The van der Waals surface area contributed by atoms with Crippen LogP contribution in [0.2, 0.25) is 0 Å². The highest BCUT2D eigenvalue weighted by atomic mass is 19.4. The molecule has 0 saturated heterocycles. The maximum Gasteiger partial charge on any atom is 0.420 e. The first kappa shape index (κ1) is 12.9. The Balaban J connectivity index is 2.52. The lowest BCUT2D eigenvalue weighted by Gasteiger charge is -2.14. The molecular formula is C13H7F3N2O. The van der Waals surface area contributed by atoms with E-state index >= 15 is 0 Å². The Labute approximate surface area is 106 Å². The number of hydrogen-bond acceptors (Lipinski definition) is 3. The fourth-order valence-electron chi connectivity index (χ4n) is 1.46. The van der Waals surface area contributed by atoms with E-state index in [9.17, 15) is 13.2 Å². The number of ether oxygens (including phenoxy) is 1. The number of alkyl halides is 3. The molecule has 0 N–H and O–H groups in total. The first-order chi connectivity index (χ1) is 9.02. The molecule has 0 aliphatic carbocycles. The molecule has 0 aliphatic heterocycles. The summed E-state index contributed by atoms with van der Waals surface area (Å²) in [7, 11) is 0. The van der Waals surface area contributed by atoms with Gasteiger partial charge in [0.2, 0.25) is 0 Å². The van der Waals surface area contributed by atoms with Crippen LogP contribution in [0.5, 0.6) is 11.5 Å². The van der Waals surface area contributed by atoms with E-state index in [-0.39, 0.29) is 5.75 Å². The van der Waals surface area contributed by atoms with E-state index in [4.69, 9.17) is 10.00 Å². The van der Waals surface area contributed by atoms with Crippen LogP contribution in [0.25, 0.3) is 0 Å². The molecule has 0 atom stereocenters. The van der Waals surface area contributed by atoms with Crippen LogP contribution in [0.3, 0.4) is 0 Å². The maximum absolute atomic E-state index is 12.9. The number of halogens is 3. The van der Waals surface area contributed by atoms with Crippen molar-refractivity contribution < 1.29 is 17.9 Å². The van der Waals surface area contributed by atoms with Gasteiger partial charge in [0, 0.05) is 6.20 Å². The Bertz CT molecular complexity index is 618. The molecule has 3 nitrogen and oxygen atoms in total. The second-order valence-corrected chi connectivity index (χ2v) is 3.56. The molecule has 0 unspecified atom stereocenters. The van der Waals surface area contributed by atoms with Crippen LogP contribution in [0.1, 0.15) is 11.3 Å². The highest BCUT2D eigenvalue weighted by Crippen LogP contribution is 2.39. The van der Waals surface area contributed by atoms with E-state index in [2.05, 4.69) is 4.98 Å². The Hall–Kier alpha value is -2.55. The summed E-state index contributed by atoms with van der Waals surface area (Å²) in [5, 5.41) is 8.83. The van der Waals surface area contributed by atoms with Gasteiger partial charge in [0.1, 0.15) is 17.4 Å². The Morgan fingerprint density at radius 1 is 1.11 bits per heavy atom. The van der Waals surface area contributed by atoms with Gasteiger partial charge in [-0.25, -0.2) is 4.98 Å². The molecule has 1 heterocycles. The van der Waals surface area contributed by atoms with E-state index < -0.39 is 23.2 Å². The van der Waals surface area contributed by atoms with Crippen molar-refractivity contribution in [1.82, 2.24) is 4.98 Å². The van der Waals surface area contributed by atoms with Crippen LogP contribution in [-0.4, -0.2) is 4.98 Å². The van der Waals surface area contributed by atoms with Gasteiger partial charge in [0.25, 0.3) is 0 Å². The number of rotatable bonds is 2. The third kappa shape index (κ3) is 2.83. The van der Waals surface area contributed by atoms with Crippen LogP contribution in [0.15, 0.2) is 42.6 Å². The minimum Gasteiger partial charge on any atom is -0.454 e. The first-order valence-corrected chi connectivity index (χ1v) is 5.21. The number of para-hydroxylation sites is 1. The highest BCUT2D eigenvalue weighted by molar-refractivity contribution is 5.47. The SMILES string of the molecule is N#Cc1nccc(C(F)(F)F)c1Oc1ccccc1. The van der Waals surface area contributed by atoms with Crippen LogP contribution in [-0.2, 0) is 6.18 Å². The minimum atomic E-state index is -4.61. The van der Waals surface area contributed by atoms with Crippen molar-refractivity contribution in [3.63, 3.8) is 0 Å². The van der Waals surface area contributed by atoms with Crippen molar-refractivity contribution >= 4 is 0 Å². The molecule has 1 aromatic carbocycles. The predicted molar refractivity (Wildman–Crippen MR) is 60.5 cm³/mol. The average molecular weight is 264 g/mol. The summed E-state index contributed by atoms with van der Waals surface area (Å²) in [6, 6.07) is 10.3. The molecule has 96 valence electrons. The molecule has 19 heavy (non-hydrogen) atoms. The zero-order valence-electron chi connectivity index (χ0n) is 9.48. The third-order valence-electron chi connectivity index (χ3n) is 2.28. The standard InChI is InChI=1S/C13H7F3N2O/c14-13(15,16)10-6-7-18-11(8-17)12(10)19-9-4-2-1-3-5-9/h1-7H. The molecule has 0 saturated carbocycles. The topological polar surface area (TPSA) is 45.9 Å². The number of aromatic nitrogens is 1. The number of pyridine rings is 1. The van der Waals surface area contributed by atoms with Gasteiger partial charge in [-0.05, 0) is 18.2 Å². The van der Waals surface area contributed by atoms with E-state index in [1.165, 1.54) is 12.1 Å². The second-order valence-electron chi connectivity index (χ2n) is 3.56. The Morgan fingerprint density at radius 2 is 1.79 bits per heavy atom. The van der Waals surface area contributed by atoms with E-state index in [1.807, 2.05) is 0 Å². The molecule has 2 aromatic rings.